The van der Waals surface area contributed by atoms with Crippen molar-refractivity contribution in [1.29, 1.82) is 0 Å². The molecule has 0 aromatic rings. The number of hydrogen-bond donors (Lipinski definition) is 1. The Morgan fingerprint density at radius 2 is 1.88 bits per heavy atom. The van der Waals surface area contributed by atoms with Crippen molar-refractivity contribution < 1.29 is 0 Å². The van der Waals surface area contributed by atoms with E-state index in [4.69, 9.17) is 4.99 Å². The third kappa shape index (κ3) is 6.99. The third-order valence-corrected chi connectivity index (χ3v) is 6.73. The monoisotopic (exact) mass is 369 g/mol. The fraction of sp³-hybridized carbons (Fsp3) is 0.947. The number of nitrogens with one attached hydrogen (secondary N) is 1. The molecule has 0 aromatic carbocycles. The third-order valence-electron chi connectivity index (χ3n) is 5.19. The van der Waals surface area contributed by atoms with Gasteiger partial charge in [0.1, 0.15) is 0 Å². The lowest BCUT2D eigenvalue weighted by Crippen LogP contribution is -2.49. The van der Waals surface area contributed by atoms with E-state index < -0.39 is 0 Å². The van der Waals surface area contributed by atoms with Gasteiger partial charge < -0.3 is 20.0 Å². The summed E-state index contributed by atoms with van der Waals surface area (Å²) >= 11 is 2.12. The van der Waals surface area contributed by atoms with Crippen LogP contribution in [0.5, 0.6) is 0 Å². The summed E-state index contributed by atoms with van der Waals surface area (Å²) in [6.07, 6.45) is 0. The molecule has 0 spiro atoms. The second-order valence-corrected chi connectivity index (χ2v) is 9.35. The molecule has 0 aliphatic carbocycles. The molecule has 2 rings (SSSR count). The van der Waals surface area contributed by atoms with Crippen LogP contribution in [0.15, 0.2) is 4.99 Å². The van der Waals surface area contributed by atoms with Gasteiger partial charge in [-0.3, -0.25) is 4.99 Å². The van der Waals surface area contributed by atoms with Crippen molar-refractivity contribution in [1.82, 2.24) is 20.0 Å². The van der Waals surface area contributed by atoms with Crippen LogP contribution in [0.2, 0.25) is 0 Å². The molecular formula is C19H39N5S. The molecule has 2 saturated heterocycles. The number of guanidine groups is 1. The number of rotatable bonds is 6. The Morgan fingerprint density at radius 1 is 1.16 bits per heavy atom. The van der Waals surface area contributed by atoms with E-state index >= 15 is 0 Å². The molecule has 0 bridgehead atoms. The van der Waals surface area contributed by atoms with E-state index in [2.05, 4.69) is 66.5 Å². The van der Waals surface area contributed by atoms with Crippen LogP contribution in [-0.4, -0.2) is 97.6 Å². The molecule has 2 heterocycles. The van der Waals surface area contributed by atoms with Crippen LogP contribution in [-0.2, 0) is 0 Å². The maximum absolute atomic E-state index is 5.00. The summed E-state index contributed by atoms with van der Waals surface area (Å²) in [7, 11) is 2.22. The maximum Gasteiger partial charge on any atom is 0.193 e. The molecule has 146 valence electrons. The number of piperazine rings is 1. The van der Waals surface area contributed by atoms with Crippen molar-refractivity contribution >= 4 is 17.7 Å². The smallest absolute Gasteiger partial charge is 0.193 e. The fourth-order valence-corrected chi connectivity index (χ4v) is 4.77. The number of nitrogens with zero attached hydrogens (tertiary/aromatic N) is 4. The van der Waals surface area contributed by atoms with Crippen molar-refractivity contribution in [2.24, 2.45) is 16.8 Å². The van der Waals surface area contributed by atoms with Crippen LogP contribution in [0.3, 0.4) is 0 Å². The first-order valence-electron chi connectivity index (χ1n) is 10.0. The van der Waals surface area contributed by atoms with Gasteiger partial charge in [-0.2, -0.15) is 11.8 Å². The highest BCUT2D eigenvalue weighted by atomic mass is 32.2. The molecule has 0 radical (unpaired) electrons. The summed E-state index contributed by atoms with van der Waals surface area (Å²) in [5.41, 5.74) is 0. The molecule has 1 N–H and O–H groups in total. The minimum atomic E-state index is 0.608. The molecule has 2 aliphatic heterocycles. The van der Waals surface area contributed by atoms with Gasteiger partial charge in [-0.15, -0.1) is 0 Å². The lowest BCUT2D eigenvalue weighted by atomic mass is 10.1. The molecular weight excluding hydrogens is 330 g/mol. The Labute approximate surface area is 159 Å². The molecule has 0 aromatic heterocycles. The van der Waals surface area contributed by atoms with E-state index in [1.165, 1.54) is 38.5 Å². The van der Waals surface area contributed by atoms with Crippen molar-refractivity contribution in [2.75, 3.05) is 71.7 Å². The van der Waals surface area contributed by atoms with E-state index in [9.17, 15) is 0 Å². The molecule has 2 aliphatic rings. The normalized spacial score (nSPS) is 25.4. The van der Waals surface area contributed by atoms with Crippen molar-refractivity contribution in [3.8, 4) is 0 Å². The van der Waals surface area contributed by atoms with Crippen LogP contribution in [0.4, 0.5) is 0 Å². The Morgan fingerprint density at radius 3 is 2.52 bits per heavy atom. The van der Waals surface area contributed by atoms with Gasteiger partial charge in [-0.1, -0.05) is 20.8 Å². The number of thioether (sulfide) groups is 1. The minimum absolute atomic E-state index is 0.608. The highest BCUT2D eigenvalue weighted by Crippen LogP contribution is 2.24. The van der Waals surface area contributed by atoms with Gasteiger partial charge in [0.2, 0.25) is 0 Å². The first-order valence-corrected chi connectivity index (χ1v) is 11.1. The Bertz CT molecular complexity index is 407. The van der Waals surface area contributed by atoms with Crippen LogP contribution in [0, 0.1) is 11.8 Å². The van der Waals surface area contributed by atoms with Crippen molar-refractivity contribution in [3.63, 3.8) is 0 Å². The van der Waals surface area contributed by atoms with E-state index in [1.54, 1.807) is 0 Å². The summed E-state index contributed by atoms with van der Waals surface area (Å²) < 4.78 is 0. The van der Waals surface area contributed by atoms with Gasteiger partial charge in [0.25, 0.3) is 0 Å². The number of hydrogen-bond acceptors (Lipinski definition) is 4. The van der Waals surface area contributed by atoms with E-state index in [1.807, 2.05) is 0 Å². The van der Waals surface area contributed by atoms with Crippen LogP contribution < -0.4 is 5.32 Å². The van der Waals surface area contributed by atoms with Crippen LogP contribution in [0.1, 0.15) is 27.7 Å². The summed E-state index contributed by atoms with van der Waals surface area (Å²) in [4.78, 5) is 12.5. The molecule has 5 nitrogen and oxygen atoms in total. The average molecular weight is 370 g/mol. The van der Waals surface area contributed by atoms with E-state index in [0.29, 0.717) is 5.92 Å². The number of aliphatic imine (C=N–C) groups is 1. The van der Waals surface area contributed by atoms with Gasteiger partial charge in [-0.25, -0.2) is 0 Å². The second-order valence-electron chi connectivity index (χ2n) is 8.00. The zero-order valence-electron chi connectivity index (χ0n) is 17.0. The summed E-state index contributed by atoms with van der Waals surface area (Å²) in [5, 5.41) is 4.25. The molecule has 0 saturated carbocycles. The second kappa shape index (κ2) is 10.6. The van der Waals surface area contributed by atoms with Crippen molar-refractivity contribution in [3.05, 3.63) is 0 Å². The first kappa shape index (κ1) is 20.8. The van der Waals surface area contributed by atoms with Crippen LogP contribution in [0.25, 0.3) is 0 Å². The van der Waals surface area contributed by atoms with Crippen molar-refractivity contribution in [2.45, 2.75) is 32.9 Å². The predicted octanol–water partition coefficient (Wildman–Crippen LogP) is 1.91. The van der Waals surface area contributed by atoms with Gasteiger partial charge >= 0.3 is 0 Å². The predicted molar refractivity (Wildman–Crippen MR) is 112 cm³/mol. The summed E-state index contributed by atoms with van der Waals surface area (Å²) in [6.45, 7) is 19.2. The summed E-state index contributed by atoms with van der Waals surface area (Å²) in [5.74, 6) is 3.67. The molecule has 6 heteroatoms. The fourth-order valence-electron chi connectivity index (χ4n) is 3.47. The highest BCUT2D eigenvalue weighted by Gasteiger charge is 2.25. The topological polar surface area (TPSA) is 34.1 Å². The Kier molecular flexibility index (Phi) is 8.87. The molecule has 2 fully saturated rings. The largest absolute Gasteiger partial charge is 0.357 e. The van der Waals surface area contributed by atoms with Crippen LogP contribution >= 0.6 is 11.8 Å². The quantitative estimate of drug-likeness (QED) is 0.571. The lowest BCUT2D eigenvalue weighted by molar-refractivity contribution is 0.140. The standard InChI is InChI=1S/C19H39N5S/c1-6-20-19(24-11-12-25-18(15-24)16(2)3)21-13-17(4)14-23-9-7-22(5)8-10-23/h16-18H,6-15H2,1-5H3,(H,20,21). The van der Waals surface area contributed by atoms with Gasteiger partial charge in [0.05, 0.1) is 0 Å². The van der Waals surface area contributed by atoms with Gasteiger partial charge in [0, 0.05) is 69.9 Å². The Hall–Kier alpha value is -0.460. The zero-order valence-corrected chi connectivity index (χ0v) is 17.8. The number of likely N-dealkylation sites (N-methyl/N-ethyl adjacent to an activating group) is 1. The average Bonchev–Trinajstić information content (AvgIpc) is 2.60. The molecule has 2 atom stereocenters. The van der Waals surface area contributed by atoms with E-state index in [-0.39, 0.29) is 0 Å². The zero-order chi connectivity index (χ0) is 18.2. The maximum atomic E-state index is 5.00. The highest BCUT2D eigenvalue weighted by molar-refractivity contribution is 8.00. The lowest BCUT2D eigenvalue weighted by Gasteiger charge is -2.36. The summed E-state index contributed by atoms with van der Waals surface area (Å²) in [6, 6.07) is 0. The minimum Gasteiger partial charge on any atom is -0.357 e. The first-order chi connectivity index (χ1) is 12.0. The Balaban J connectivity index is 1.85. The van der Waals surface area contributed by atoms with E-state index in [0.717, 1.165) is 43.3 Å². The molecule has 0 amide bonds. The molecule has 25 heavy (non-hydrogen) atoms. The SMILES string of the molecule is CCNC(=NCC(C)CN1CCN(C)CC1)N1CCSC(C(C)C)C1. The molecule has 2 unspecified atom stereocenters. The van der Waals surface area contributed by atoms with Gasteiger partial charge in [0.15, 0.2) is 5.96 Å². The van der Waals surface area contributed by atoms with Gasteiger partial charge in [-0.05, 0) is 25.8 Å².